The molecule has 0 aromatic carbocycles. The number of carbonyl (C=O) groups excluding carboxylic acids is 3. The second-order valence-corrected chi connectivity index (χ2v) is 15.2. The fourth-order valence-electron chi connectivity index (χ4n) is 5.45. The van der Waals surface area contributed by atoms with E-state index >= 15 is 0 Å². The quantitative estimate of drug-likeness (QED) is 0.0377. The van der Waals surface area contributed by atoms with Crippen LogP contribution in [-0.4, -0.2) is 67.6 Å². The van der Waals surface area contributed by atoms with Gasteiger partial charge in [-0.05, 0) is 84.7 Å². The fourth-order valence-corrected chi connectivity index (χ4v) is 6.32. The zero-order valence-corrected chi connectivity index (χ0v) is 34.8. The lowest BCUT2D eigenvalue weighted by Gasteiger charge is -2.18. The molecule has 8 heteroatoms. The van der Waals surface area contributed by atoms with E-state index in [1.54, 1.807) is 0 Å². The fraction of sp³-hybridized carbons (Fsp3) is 0.750. The number of hydrogen-bond donors (Lipinski definition) is 2. The van der Waals surface area contributed by atoms with Crippen molar-refractivity contribution in [3.8, 4) is 0 Å². The number of allylic oxidation sites excluding steroid dienone is 8. The Bertz CT molecular complexity index is 963. The van der Waals surface area contributed by atoms with Gasteiger partial charge in [0, 0.05) is 25.3 Å². The van der Waals surface area contributed by atoms with E-state index < -0.39 is 6.04 Å². The third-order valence-electron chi connectivity index (χ3n) is 8.80. The van der Waals surface area contributed by atoms with Crippen LogP contribution in [0.15, 0.2) is 48.6 Å². The third-order valence-corrected chi connectivity index (χ3v) is 9.57. The van der Waals surface area contributed by atoms with Gasteiger partial charge in [0.15, 0.2) is 0 Å². The lowest BCUT2D eigenvalue weighted by atomic mass is 10.1. The Morgan fingerprint density at radius 3 is 1.63 bits per heavy atom. The first-order valence-corrected chi connectivity index (χ1v) is 22.0. The summed E-state index contributed by atoms with van der Waals surface area (Å²) in [6, 6.07) is -0.890. The first-order chi connectivity index (χ1) is 25.4. The maximum absolute atomic E-state index is 13.0. The smallest absolute Gasteiger partial charge is 0.305 e. The molecule has 0 spiro atoms. The summed E-state index contributed by atoms with van der Waals surface area (Å²) in [5.41, 5.74) is 0. The van der Waals surface area contributed by atoms with Crippen molar-refractivity contribution in [3.05, 3.63) is 48.6 Å². The molecule has 1 atom stereocenters. The van der Waals surface area contributed by atoms with Gasteiger partial charge in [-0.15, -0.1) is 0 Å². The van der Waals surface area contributed by atoms with E-state index in [0.29, 0.717) is 18.7 Å². The van der Waals surface area contributed by atoms with Crippen LogP contribution in [0.4, 0.5) is 4.79 Å². The molecule has 0 saturated heterocycles. The van der Waals surface area contributed by atoms with Crippen molar-refractivity contribution in [2.75, 3.05) is 39.5 Å². The Balaban J connectivity index is 4.21. The largest absolute Gasteiger partial charge is 0.463 e. The van der Waals surface area contributed by atoms with E-state index in [2.05, 4.69) is 73.1 Å². The van der Waals surface area contributed by atoms with Crippen molar-refractivity contribution in [1.82, 2.24) is 15.5 Å². The number of amides is 2. The predicted octanol–water partition coefficient (Wildman–Crippen LogP) is 11.6. The van der Waals surface area contributed by atoms with Crippen LogP contribution in [0.25, 0.3) is 0 Å². The van der Waals surface area contributed by atoms with Crippen LogP contribution in [0.5, 0.6) is 0 Å². The number of thioether (sulfide) groups is 1. The molecule has 7 nitrogen and oxygen atoms in total. The molecule has 0 rings (SSSR count). The molecule has 300 valence electrons. The molecule has 0 radical (unpaired) electrons. The normalized spacial score (nSPS) is 12.6. The Morgan fingerprint density at radius 1 is 0.615 bits per heavy atom. The molecule has 0 heterocycles. The SMILES string of the molecule is CCCC/C=C\C/C=C\CCCCCCCCC(=O)OCC(NC(=O)SCCN(C)C)C(=O)NCCCCCCCC/C=C\C/C=C\CCCCC. The molecular weight excluding hydrogens is 667 g/mol. The minimum Gasteiger partial charge on any atom is -0.463 e. The van der Waals surface area contributed by atoms with E-state index in [4.69, 9.17) is 4.74 Å². The molecular formula is C44H79N3O4S. The second kappa shape index (κ2) is 39.9. The molecule has 1 unspecified atom stereocenters. The van der Waals surface area contributed by atoms with E-state index in [0.717, 1.165) is 82.5 Å². The molecule has 0 aromatic rings. The molecule has 0 aliphatic heterocycles. The number of hydrogen-bond acceptors (Lipinski definition) is 6. The van der Waals surface area contributed by atoms with Crippen LogP contribution in [0, 0.1) is 0 Å². The number of unbranched alkanes of at least 4 members (excludes halogenated alkanes) is 17. The predicted molar refractivity (Wildman–Crippen MR) is 226 cm³/mol. The van der Waals surface area contributed by atoms with Crippen molar-refractivity contribution in [2.24, 2.45) is 0 Å². The first kappa shape index (κ1) is 49.7. The highest BCUT2D eigenvalue weighted by atomic mass is 32.2. The van der Waals surface area contributed by atoms with Gasteiger partial charge in [0.05, 0.1) is 0 Å². The Hall–Kier alpha value is -2.32. The summed E-state index contributed by atoms with van der Waals surface area (Å²) in [7, 11) is 3.91. The van der Waals surface area contributed by atoms with Crippen molar-refractivity contribution >= 4 is 28.9 Å². The van der Waals surface area contributed by atoms with Gasteiger partial charge in [-0.25, -0.2) is 0 Å². The van der Waals surface area contributed by atoms with E-state index in [9.17, 15) is 14.4 Å². The Kier molecular flexibility index (Phi) is 38.1. The molecule has 2 N–H and O–H groups in total. The van der Waals surface area contributed by atoms with Gasteiger partial charge >= 0.3 is 5.97 Å². The van der Waals surface area contributed by atoms with Gasteiger partial charge in [-0.3, -0.25) is 14.4 Å². The minimum atomic E-state index is -0.890. The van der Waals surface area contributed by atoms with Gasteiger partial charge in [-0.1, -0.05) is 151 Å². The molecule has 0 aromatic heterocycles. The average molecular weight is 746 g/mol. The van der Waals surface area contributed by atoms with E-state index in [-0.39, 0.29) is 23.7 Å². The molecule has 0 bridgehead atoms. The second-order valence-electron chi connectivity index (χ2n) is 14.2. The van der Waals surface area contributed by atoms with Gasteiger partial charge in [-0.2, -0.15) is 0 Å². The summed E-state index contributed by atoms with van der Waals surface area (Å²) in [6.07, 6.45) is 44.9. The van der Waals surface area contributed by atoms with Crippen molar-refractivity contribution in [2.45, 2.75) is 174 Å². The number of carbonyl (C=O) groups is 3. The molecule has 0 fully saturated rings. The van der Waals surface area contributed by atoms with E-state index in [1.165, 1.54) is 83.5 Å². The first-order valence-electron chi connectivity index (χ1n) is 21.0. The Morgan fingerprint density at radius 2 is 1.10 bits per heavy atom. The van der Waals surface area contributed by atoms with Gasteiger partial charge < -0.3 is 20.3 Å². The topological polar surface area (TPSA) is 87.7 Å². The van der Waals surface area contributed by atoms with Crippen molar-refractivity contribution < 1.29 is 19.1 Å². The highest BCUT2D eigenvalue weighted by molar-refractivity contribution is 8.13. The van der Waals surface area contributed by atoms with Crippen LogP contribution in [0.1, 0.15) is 168 Å². The van der Waals surface area contributed by atoms with Crippen LogP contribution in [0.2, 0.25) is 0 Å². The number of esters is 1. The zero-order chi connectivity index (χ0) is 38.2. The molecule has 52 heavy (non-hydrogen) atoms. The average Bonchev–Trinajstić information content (AvgIpc) is 3.12. The molecule has 0 saturated carbocycles. The van der Waals surface area contributed by atoms with Crippen LogP contribution < -0.4 is 10.6 Å². The highest BCUT2D eigenvalue weighted by Crippen LogP contribution is 2.11. The summed E-state index contributed by atoms with van der Waals surface area (Å²) >= 11 is 1.14. The number of nitrogens with one attached hydrogen (secondary N) is 2. The number of nitrogens with zero attached hydrogens (tertiary/aromatic N) is 1. The summed E-state index contributed by atoms with van der Waals surface area (Å²) in [5, 5.41) is 5.45. The monoisotopic (exact) mass is 746 g/mol. The standard InChI is InChI=1S/C44H79N3O4S/c1-5-7-9-11-13-15-17-19-21-23-25-27-29-31-33-35-37-45-43(49)41(46-44(50)52-39-38-47(3)4)40-51-42(48)36-34-32-30-28-26-24-22-20-18-16-14-12-10-8-6-2/h12-15,18-21,41H,5-11,16-17,22-40H2,1-4H3,(H,45,49)(H,46,50)/b14-12-,15-13-,20-18-,21-19-. The van der Waals surface area contributed by atoms with Gasteiger partial charge in [0.25, 0.3) is 5.24 Å². The maximum atomic E-state index is 13.0. The van der Waals surface area contributed by atoms with Crippen LogP contribution >= 0.6 is 11.8 Å². The Labute approximate surface area is 324 Å². The lowest BCUT2D eigenvalue weighted by molar-refractivity contribution is -0.145. The van der Waals surface area contributed by atoms with Gasteiger partial charge in [0.1, 0.15) is 12.6 Å². The molecule has 2 amide bonds. The summed E-state index contributed by atoms with van der Waals surface area (Å²) in [5.74, 6) is 0.00866. The summed E-state index contributed by atoms with van der Waals surface area (Å²) in [6.45, 7) is 5.62. The third kappa shape index (κ3) is 37.4. The van der Waals surface area contributed by atoms with Crippen molar-refractivity contribution in [1.29, 1.82) is 0 Å². The summed E-state index contributed by atoms with van der Waals surface area (Å²) < 4.78 is 5.47. The molecule has 0 aliphatic rings. The number of rotatable bonds is 36. The van der Waals surface area contributed by atoms with Crippen LogP contribution in [0.3, 0.4) is 0 Å². The van der Waals surface area contributed by atoms with Gasteiger partial charge in [0.2, 0.25) is 5.91 Å². The highest BCUT2D eigenvalue weighted by Gasteiger charge is 2.22. The van der Waals surface area contributed by atoms with Crippen molar-refractivity contribution in [3.63, 3.8) is 0 Å². The van der Waals surface area contributed by atoms with Crippen LogP contribution in [-0.2, 0) is 14.3 Å². The maximum Gasteiger partial charge on any atom is 0.305 e. The summed E-state index contributed by atoms with van der Waals surface area (Å²) in [4.78, 5) is 40.0. The number of ether oxygens (including phenoxy) is 1. The van der Waals surface area contributed by atoms with E-state index in [1.807, 2.05) is 19.0 Å². The molecule has 0 aliphatic carbocycles. The zero-order valence-electron chi connectivity index (χ0n) is 34.0. The lowest BCUT2D eigenvalue weighted by Crippen LogP contribution is -2.49. The minimum absolute atomic E-state index is 0.142.